The molecule has 196 valence electrons. The minimum atomic E-state index is 0.0329. The Morgan fingerprint density at radius 3 is 2.66 bits per heavy atom. The van der Waals surface area contributed by atoms with E-state index in [1.165, 1.54) is 5.52 Å². The molecule has 2 aliphatic heterocycles. The monoisotopic (exact) mass is 662 g/mol. The largest absolute Gasteiger partial charge is 0.382 e. The average molecular weight is 663 g/mol. The van der Waals surface area contributed by atoms with Crippen LogP contribution in [0.4, 0.5) is 11.5 Å². The molecule has 0 atom stereocenters. The predicted octanol–water partition coefficient (Wildman–Crippen LogP) is 4.89. The first-order valence-corrected chi connectivity index (χ1v) is 14.5. The summed E-state index contributed by atoms with van der Waals surface area (Å²) in [6.07, 6.45) is 9.11. The summed E-state index contributed by atoms with van der Waals surface area (Å²) in [6.45, 7) is 3.25. The Balaban J connectivity index is 1.19. The number of alkyl halides is 1. The van der Waals surface area contributed by atoms with Gasteiger partial charge in [0.25, 0.3) is 0 Å². The zero-order chi connectivity index (χ0) is 26.2. The van der Waals surface area contributed by atoms with Crippen molar-refractivity contribution in [2.24, 2.45) is 0 Å². The summed E-state index contributed by atoms with van der Waals surface area (Å²) in [5.74, 6) is 1.74. The number of aromatic nitrogens is 4. The molecule has 1 amide bonds. The number of halogens is 3. The number of hydrogen-bond acceptors (Lipinski definition) is 6. The number of fused-ring (bicyclic) bond motifs is 2. The molecule has 0 radical (unpaired) electrons. The SMILES string of the molecule is O=C(CNc1c(-c2ccc3c(ccn3CI)c2)nc2n1C=CNC2)N1CCN(c2c(Cl)cncc2Cl)CC1. The maximum Gasteiger partial charge on any atom is 0.242 e. The van der Waals surface area contributed by atoms with Gasteiger partial charge in [-0.3, -0.25) is 14.3 Å². The maximum absolute atomic E-state index is 13.2. The van der Waals surface area contributed by atoms with Crippen molar-refractivity contribution < 1.29 is 4.79 Å². The Labute approximate surface area is 243 Å². The highest BCUT2D eigenvalue weighted by molar-refractivity contribution is 14.1. The number of nitrogens with one attached hydrogen (secondary N) is 2. The first-order chi connectivity index (χ1) is 18.5. The van der Waals surface area contributed by atoms with Crippen LogP contribution in [-0.2, 0) is 15.9 Å². The molecule has 1 saturated heterocycles. The van der Waals surface area contributed by atoms with Gasteiger partial charge in [0, 0.05) is 73.6 Å². The molecular weight excluding hydrogens is 638 g/mol. The molecule has 1 aromatic carbocycles. The van der Waals surface area contributed by atoms with Gasteiger partial charge in [-0.2, -0.15) is 0 Å². The van der Waals surface area contributed by atoms with Crippen molar-refractivity contribution in [2.45, 2.75) is 11.1 Å². The number of nitrogens with zero attached hydrogens (tertiary/aromatic N) is 6. The number of anilines is 2. The van der Waals surface area contributed by atoms with Crippen molar-refractivity contribution in [1.82, 2.24) is 29.3 Å². The lowest BCUT2D eigenvalue weighted by Gasteiger charge is -2.36. The molecule has 12 heteroatoms. The summed E-state index contributed by atoms with van der Waals surface area (Å²) >= 11 is 15.0. The molecule has 1 fully saturated rings. The molecule has 0 spiro atoms. The Kier molecular flexibility index (Phi) is 7.10. The van der Waals surface area contributed by atoms with Crippen LogP contribution in [0.1, 0.15) is 5.82 Å². The quantitative estimate of drug-likeness (QED) is 0.226. The Bertz CT molecular complexity index is 1520. The molecule has 0 aliphatic carbocycles. The van der Waals surface area contributed by atoms with Gasteiger partial charge in [-0.25, -0.2) is 4.98 Å². The van der Waals surface area contributed by atoms with E-state index in [9.17, 15) is 4.79 Å². The number of carbonyl (C=O) groups excluding carboxylic acids is 1. The van der Waals surface area contributed by atoms with Crippen LogP contribution in [0.3, 0.4) is 0 Å². The van der Waals surface area contributed by atoms with E-state index in [0.29, 0.717) is 42.8 Å². The van der Waals surface area contributed by atoms with Crippen LogP contribution >= 0.6 is 45.8 Å². The number of hydrogen-bond donors (Lipinski definition) is 2. The van der Waals surface area contributed by atoms with Crippen molar-refractivity contribution in [2.75, 3.05) is 42.9 Å². The Morgan fingerprint density at radius 2 is 1.89 bits per heavy atom. The fourth-order valence-corrected chi connectivity index (χ4v) is 6.22. The molecule has 0 bridgehead atoms. The van der Waals surface area contributed by atoms with Gasteiger partial charge in [0.15, 0.2) is 0 Å². The van der Waals surface area contributed by atoms with E-state index in [4.69, 9.17) is 28.2 Å². The summed E-state index contributed by atoms with van der Waals surface area (Å²) in [4.78, 5) is 26.1. The zero-order valence-corrected chi connectivity index (χ0v) is 24.0. The van der Waals surface area contributed by atoms with Gasteiger partial charge in [0.1, 0.15) is 17.3 Å². The number of amides is 1. The smallest absolute Gasteiger partial charge is 0.242 e. The third kappa shape index (κ3) is 4.69. The third-order valence-corrected chi connectivity index (χ3v) is 8.23. The highest BCUT2D eigenvalue weighted by Gasteiger charge is 2.25. The molecular formula is C26H25Cl2IN8O. The summed E-state index contributed by atoms with van der Waals surface area (Å²) in [5, 5.41) is 8.81. The zero-order valence-electron chi connectivity index (χ0n) is 20.4. The van der Waals surface area contributed by atoms with Crippen LogP contribution in [-0.4, -0.2) is 62.6 Å². The van der Waals surface area contributed by atoms with Crippen molar-refractivity contribution in [3.63, 3.8) is 0 Å². The third-order valence-electron chi connectivity index (χ3n) is 6.94. The first-order valence-electron chi connectivity index (χ1n) is 12.3. The lowest BCUT2D eigenvalue weighted by atomic mass is 10.1. The molecule has 6 rings (SSSR count). The van der Waals surface area contributed by atoms with Gasteiger partial charge in [-0.15, -0.1) is 0 Å². The summed E-state index contributed by atoms with van der Waals surface area (Å²) < 4.78 is 5.12. The van der Waals surface area contributed by atoms with Crippen LogP contribution in [0.15, 0.2) is 49.1 Å². The number of rotatable bonds is 6. The van der Waals surface area contributed by atoms with E-state index < -0.39 is 0 Å². The first kappa shape index (κ1) is 25.3. The molecule has 2 aliphatic rings. The predicted molar refractivity (Wildman–Crippen MR) is 161 cm³/mol. The van der Waals surface area contributed by atoms with Crippen LogP contribution in [0.5, 0.6) is 0 Å². The fraction of sp³-hybridized carbons (Fsp3) is 0.269. The molecule has 0 unspecified atom stereocenters. The molecule has 38 heavy (non-hydrogen) atoms. The van der Waals surface area contributed by atoms with Crippen LogP contribution < -0.4 is 15.5 Å². The maximum atomic E-state index is 13.2. The number of imidazole rings is 1. The van der Waals surface area contributed by atoms with E-state index in [0.717, 1.165) is 38.5 Å². The van der Waals surface area contributed by atoms with Crippen molar-refractivity contribution in [3.8, 4) is 11.3 Å². The minimum absolute atomic E-state index is 0.0329. The van der Waals surface area contributed by atoms with Crippen LogP contribution in [0, 0.1) is 0 Å². The number of benzene rings is 1. The highest BCUT2D eigenvalue weighted by Crippen LogP contribution is 2.34. The number of pyridine rings is 1. The normalized spacial score (nSPS) is 15.0. The van der Waals surface area contributed by atoms with Gasteiger partial charge in [-0.1, -0.05) is 51.9 Å². The fourth-order valence-electron chi connectivity index (χ4n) is 5.02. The molecule has 3 aromatic heterocycles. The number of piperazine rings is 1. The van der Waals surface area contributed by atoms with E-state index in [2.05, 4.69) is 78.1 Å². The lowest BCUT2D eigenvalue weighted by molar-refractivity contribution is -0.129. The topological polar surface area (TPSA) is 83.2 Å². The Morgan fingerprint density at radius 1 is 1.11 bits per heavy atom. The standard InChI is InChI=1S/C26H25Cl2IN8O/c27-19-12-31-13-20(28)25(19)35-9-7-34(8-10-35)23(38)15-32-26-24(33-22-14-30-4-6-37(22)26)18-1-2-21-17(11-18)3-5-36(21)16-29/h1-6,11-13,30,32H,7-10,14-16H2. The van der Waals surface area contributed by atoms with E-state index in [-0.39, 0.29) is 12.5 Å². The summed E-state index contributed by atoms with van der Waals surface area (Å²) in [5.41, 5.74) is 3.80. The molecule has 5 heterocycles. The van der Waals surface area contributed by atoms with Crippen LogP contribution in [0.2, 0.25) is 10.0 Å². The van der Waals surface area contributed by atoms with Gasteiger partial charge in [0.05, 0.1) is 33.4 Å². The molecule has 9 nitrogen and oxygen atoms in total. The number of carbonyl (C=O) groups is 1. The molecule has 2 N–H and O–H groups in total. The van der Waals surface area contributed by atoms with E-state index >= 15 is 0 Å². The molecule has 0 saturated carbocycles. The second kappa shape index (κ2) is 10.7. The summed E-state index contributed by atoms with van der Waals surface area (Å²) in [6, 6.07) is 8.51. The van der Waals surface area contributed by atoms with Gasteiger partial charge in [-0.05, 0) is 18.2 Å². The second-order valence-electron chi connectivity index (χ2n) is 9.14. The van der Waals surface area contributed by atoms with Crippen molar-refractivity contribution in [3.05, 3.63) is 64.9 Å². The summed E-state index contributed by atoms with van der Waals surface area (Å²) in [7, 11) is 0. The van der Waals surface area contributed by atoms with E-state index in [1.54, 1.807) is 12.4 Å². The minimum Gasteiger partial charge on any atom is -0.382 e. The van der Waals surface area contributed by atoms with Gasteiger partial charge in [0.2, 0.25) is 5.91 Å². The molecule has 4 aromatic rings. The highest BCUT2D eigenvalue weighted by atomic mass is 127. The lowest BCUT2D eigenvalue weighted by Crippen LogP contribution is -2.50. The average Bonchev–Trinajstić information content (AvgIpc) is 3.52. The Hall–Kier alpha value is -2.96. The van der Waals surface area contributed by atoms with E-state index in [1.807, 2.05) is 21.9 Å². The van der Waals surface area contributed by atoms with Crippen molar-refractivity contribution >= 4 is 80.3 Å². The van der Waals surface area contributed by atoms with Gasteiger partial charge >= 0.3 is 0 Å². The van der Waals surface area contributed by atoms with Crippen LogP contribution in [0.25, 0.3) is 28.4 Å². The van der Waals surface area contributed by atoms with Crippen molar-refractivity contribution in [1.29, 1.82) is 0 Å². The second-order valence-corrected chi connectivity index (χ2v) is 10.6. The van der Waals surface area contributed by atoms with Gasteiger partial charge < -0.3 is 25.0 Å².